The quantitative estimate of drug-likeness (QED) is 0.550. The Bertz CT molecular complexity index is 91.7. The lowest BCUT2D eigenvalue weighted by molar-refractivity contribution is 0.0383. The summed E-state index contributed by atoms with van der Waals surface area (Å²) in [5.41, 5.74) is -0.00917. The standard InChI is InChI=1S/C11H23O/c1-5-6-7-8-9-10-12-11(2,3)4/h10H,5-9H2,1-4H3. The first-order valence-electron chi connectivity index (χ1n) is 5.06. The highest BCUT2D eigenvalue weighted by atomic mass is 16.5. The van der Waals surface area contributed by atoms with Crippen LogP contribution < -0.4 is 0 Å². The van der Waals surface area contributed by atoms with E-state index in [1.807, 2.05) is 6.61 Å². The van der Waals surface area contributed by atoms with Crippen LogP contribution in [0.1, 0.15) is 59.8 Å². The number of unbranched alkanes of at least 4 members (excludes halogenated alkanes) is 4. The highest BCUT2D eigenvalue weighted by Gasteiger charge is 2.08. The van der Waals surface area contributed by atoms with Crippen molar-refractivity contribution >= 4 is 0 Å². The van der Waals surface area contributed by atoms with Crippen LogP contribution >= 0.6 is 0 Å². The number of rotatable bonds is 6. The van der Waals surface area contributed by atoms with Gasteiger partial charge in [0.2, 0.25) is 0 Å². The van der Waals surface area contributed by atoms with Crippen LogP contribution in [0.3, 0.4) is 0 Å². The maximum Gasteiger partial charge on any atom is 0.0844 e. The van der Waals surface area contributed by atoms with Gasteiger partial charge in [0.1, 0.15) is 0 Å². The first kappa shape index (κ1) is 12.0. The molecule has 0 heterocycles. The van der Waals surface area contributed by atoms with E-state index >= 15 is 0 Å². The molecule has 0 aliphatic carbocycles. The van der Waals surface area contributed by atoms with E-state index in [4.69, 9.17) is 4.74 Å². The molecular formula is C11H23O. The summed E-state index contributed by atoms with van der Waals surface area (Å²) < 4.78 is 5.48. The summed E-state index contributed by atoms with van der Waals surface area (Å²) >= 11 is 0. The second-order valence-corrected chi connectivity index (χ2v) is 4.25. The molecule has 0 aliphatic heterocycles. The molecule has 1 heteroatoms. The van der Waals surface area contributed by atoms with Gasteiger partial charge in [-0.05, 0) is 27.2 Å². The average Bonchev–Trinajstić information content (AvgIpc) is 1.94. The van der Waals surface area contributed by atoms with Gasteiger partial charge in [0.25, 0.3) is 0 Å². The third-order valence-electron chi connectivity index (χ3n) is 1.61. The molecule has 0 unspecified atom stereocenters. The monoisotopic (exact) mass is 171 g/mol. The first-order valence-corrected chi connectivity index (χ1v) is 5.06. The molecule has 0 saturated carbocycles. The van der Waals surface area contributed by atoms with Gasteiger partial charge in [-0.1, -0.05) is 32.6 Å². The number of ether oxygens (including phenoxy) is 1. The fourth-order valence-corrected chi connectivity index (χ4v) is 0.963. The Kier molecular flexibility index (Phi) is 6.45. The van der Waals surface area contributed by atoms with E-state index in [1.165, 1.54) is 25.7 Å². The molecule has 0 atom stereocenters. The Morgan fingerprint density at radius 3 is 2.25 bits per heavy atom. The molecule has 0 aromatic heterocycles. The summed E-state index contributed by atoms with van der Waals surface area (Å²) in [6.45, 7) is 10.4. The van der Waals surface area contributed by atoms with Gasteiger partial charge in [0.05, 0.1) is 12.2 Å². The molecule has 0 spiro atoms. The van der Waals surface area contributed by atoms with E-state index in [1.54, 1.807) is 0 Å². The smallest absolute Gasteiger partial charge is 0.0844 e. The Morgan fingerprint density at radius 1 is 1.08 bits per heavy atom. The van der Waals surface area contributed by atoms with E-state index in [0.29, 0.717) is 0 Å². The van der Waals surface area contributed by atoms with Crippen LogP contribution in [0.4, 0.5) is 0 Å². The normalized spacial score (nSPS) is 12.0. The van der Waals surface area contributed by atoms with Crippen molar-refractivity contribution in [3.8, 4) is 0 Å². The molecule has 0 aromatic carbocycles. The molecule has 0 N–H and O–H groups in total. The third kappa shape index (κ3) is 9.96. The summed E-state index contributed by atoms with van der Waals surface area (Å²) in [6, 6.07) is 0. The van der Waals surface area contributed by atoms with Crippen molar-refractivity contribution in [1.82, 2.24) is 0 Å². The van der Waals surface area contributed by atoms with E-state index in [2.05, 4.69) is 27.7 Å². The Labute approximate surface area is 77.5 Å². The van der Waals surface area contributed by atoms with Crippen molar-refractivity contribution in [3.05, 3.63) is 6.61 Å². The second-order valence-electron chi connectivity index (χ2n) is 4.25. The Balaban J connectivity index is 3.01. The summed E-state index contributed by atoms with van der Waals surface area (Å²) in [6.07, 6.45) is 6.35. The van der Waals surface area contributed by atoms with E-state index in [9.17, 15) is 0 Å². The van der Waals surface area contributed by atoms with Gasteiger partial charge in [-0.2, -0.15) is 0 Å². The van der Waals surface area contributed by atoms with Crippen LogP contribution in [0, 0.1) is 6.61 Å². The zero-order valence-electron chi connectivity index (χ0n) is 9.02. The van der Waals surface area contributed by atoms with Gasteiger partial charge in [-0.25, -0.2) is 0 Å². The largest absolute Gasteiger partial charge is 0.370 e. The zero-order chi connectivity index (χ0) is 9.45. The number of hydrogen-bond acceptors (Lipinski definition) is 1. The molecule has 0 rings (SSSR count). The van der Waals surface area contributed by atoms with Crippen LogP contribution in [0.2, 0.25) is 0 Å². The van der Waals surface area contributed by atoms with Crippen molar-refractivity contribution in [1.29, 1.82) is 0 Å². The molecule has 0 amide bonds. The zero-order valence-corrected chi connectivity index (χ0v) is 9.02. The summed E-state index contributed by atoms with van der Waals surface area (Å²) in [7, 11) is 0. The molecule has 73 valence electrons. The van der Waals surface area contributed by atoms with Crippen LogP contribution in [0.25, 0.3) is 0 Å². The minimum absolute atomic E-state index is 0.00917. The molecule has 0 saturated heterocycles. The molecule has 0 aromatic rings. The second kappa shape index (κ2) is 6.47. The first-order chi connectivity index (χ1) is 5.56. The summed E-state index contributed by atoms with van der Waals surface area (Å²) in [5.74, 6) is 0. The molecule has 0 fully saturated rings. The SMILES string of the molecule is CCCCCC[CH]OC(C)(C)C. The third-order valence-corrected chi connectivity index (χ3v) is 1.61. The Morgan fingerprint density at radius 2 is 1.75 bits per heavy atom. The van der Waals surface area contributed by atoms with Crippen LogP contribution in [-0.2, 0) is 4.74 Å². The lowest BCUT2D eigenvalue weighted by Crippen LogP contribution is -2.17. The predicted molar refractivity (Wildman–Crippen MR) is 53.9 cm³/mol. The number of hydrogen-bond donors (Lipinski definition) is 0. The summed E-state index contributed by atoms with van der Waals surface area (Å²) in [5, 5.41) is 0. The van der Waals surface area contributed by atoms with Crippen molar-refractivity contribution < 1.29 is 4.74 Å². The highest BCUT2D eigenvalue weighted by molar-refractivity contribution is 4.63. The molecular weight excluding hydrogens is 148 g/mol. The summed E-state index contributed by atoms with van der Waals surface area (Å²) in [4.78, 5) is 0. The van der Waals surface area contributed by atoms with Crippen molar-refractivity contribution in [2.45, 2.75) is 65.4 Å². The maximum atomic E-state index is 5.48. The van der Waals surface area contributed by atoms with Crippen LogP contribution in [-0.4, -0.2) is 5.60 Å². The minimum Gasteiger partial charge on any atom is -0.370 e. The van der Waals surface area contributed by atoms with Crippen molar-refractivity contribution in [3.63, 3.8) is 0 Å². The van der Waals surface area contributed by atoms with Crippen LogP contribution in [0.15, 0.2) is 0 Å². The van der Waals surface area contributed by atoms with Gasteiger partial charge < -0.3 is 4.74 Å². The molecule has 12 heavy (non-hydrogen) atoms. The van der Waals surface area contributed by atoms with E-state index < -0.39 is 0 Å². The topological polar surface area (TPSA) is 9.23 Å². The average molecular weight is 171 g/mol. The predicted octanol–water partition coefficient (Wildman–Crippen LogP) is 3.93. The van der Waals surface area contributed by atoms with Gasteiger partial charge in [0, 0.05) is 0 Å². The van der Waals surface area contributed by atoms with Crippen molar-refractivity contribution in [2.75, 3.05) is 0 Å². The van der Waals surface area contributed by atoms with Gasteiger partial charge in [-0.15, -0.1) is 0 Å². The van der Waals surface area contributed by atoms with E-state index in [-0.39, 0.29) is 5.60 Å². The fraction of sp³-hybridized carbons (Fsp3) is 0.909. The molecule has 1 nitrogen and oxygen atoms in total. The van der Waals surface area contributed by atoms with Crippen LogP contribution in [0.5, 0.6) is 0 Å². The Hall–Kier alpha value is -0.0400. The van der Waals surface area contributed by atoms with Gasteiger partial charge in [-0.3, -0.25) is 0 Å². The maximum absolute atomic E-state index is 5.48. The fourth-order valence-electron chi connectivity index (χ4n) is 0.963. The molecule has 1 radical (unpaired) electrons. The van der Waals surface area contributed by atoms with Gasteiger partial charge >= 0.3 is 0 Å². The molecule has 0 aliphatic rings. The molecule has 0 bridgehead atoms. The lowest BCUT2D eigenvalue weighted by Gasteiger charge is -2.18. The van der Waals surface area contributed by atoms with Gasteiger partial charge in [0.15, 0.2) is 0 Å². The highest BCUT2D eigenvalue weighted by Crippen LogP contribution is 2.12. The minimum atomic E-state index is -0.00917. The van der Waals surface area contributed by atoms with E-state index in [0.717, 1.165) is 6.42 Å². The lowest BCUT2D eigenvalue weighted by atomic mass is 10.1. The van der Waals surface area contributed by atoms with Crippen molar-refractivity contribution in [2.24, 2.45) is 0 Å².